The zero-order chi connectivity index (χ0) is 11.8. The van der Waals surface area contributed by atoms with Crippen LogP contribution in [-0.2, 0) is 6.42 Å². The van der Waals surface area contributed by atoms with E-state index in [-0.39, 0.29) is 0 Å². The minimum absolute atomic E-state index is 0.507. The predicted molar refractivity (Wildman–Crippen MR) is 64.6 cm³/mol. The van der Waals surface area contributed by atoms with Crippen molar-refractivity contribution in [2.75, 3.05) is 13.2 Å². The van der Waals surface area contributed by atoms with Gasteiger partial charge in [-0.25, -0.2) is 0 Å². The summed E-state index contributed by atoms with van der Waals surface area (Å²) in [5.41, 5.74) is 6.47. The highest BCUT2D eigenvalue weighted by atomic mass is 35.5. The van der Waals surface area contributed by atoms with Crippen LogP contribution in [0.15, 0.2) is 18.2 Å². The minimum atomic E-state index is 0.507. The SMILES string of the molecule is N#CCCCOc1cccc(Cl)c1CCN. The lowest BCUT2D eigenvalue weighted by molar-refractivity contribution is 0.309. The van der Waals surface area contributed by atoms with Gasteiger partial charge in [0.25, 0.3) is 0 Å². The molecule has 86 valence electrons. The largest absolute Gasteiger partial charge is 0.493 e. The molecular weight excluding hydrogens is 224 g/mol. The molecule has 0 aromatic heterocycles. The molecule has 0 spiro atoms. The number of hydrogen-bond donors (Lipinski definition) is 1. The van der Waals surface area contributed by atoms with Crippen molar-refractivity contribution in [3.05, 3.63) is 28.8 Å². The number of nitriles is 1. The van der Waals surface area contributed by atoms with Gasteiger partial charge in [-0.15, -0.1) is 0 Å². The number of nitrogens with zero attached hydrogens (tertiary/aromatic N) is 1. The van der Waals surface area contributed by atoms with Crippen LogP contribution in [0.25, 0.3) is 0 Å². The fourth-order valence-corrected chi connectivity index (χ4v) is 1.65. The molecule has 0 aliphatic rings. The van der Waals surface area contributed by atoms with Crippen LogP contribution in [0.2, 0.25) is 5.02 Å². The molecule has 0 unspecified atom stereocenters. The molecular formula is C12H15ClN2O. The topological polar surface area (TPSA) is 59.0 Å². The van der Waals surface area contributed by atoms with Crippen LogP contribution in [0.5, 0.6) is 5.75 Å². The normalized spacial score (nSPS) is 9.81. The van der Waals surface area contributed by atoms with Crippen LogP contribution in [0.1, 0.15) is 18.4 Å². The van der Waals surface area contributed by atoms with E-state index in [0.717, 1.165) is 17.7 Å². The fraction of sp³-hybridized carbons (Fsp3) is 0.417. The molecule has 0 heterocycles. The first-order chi connectivity index (χ1) is 7.79. The van der Waals surface area contributed by atoms with Gasteiger partial charge >= 0.3 is 0 Å². The van der Waals surface area contributed by atoms with Gasteiger partial charge in [-0.1, -0.05) is 17.7 Å². The van der Waals surface area contributed by atoms with E-state index in [0.29, 0.717) is 31.0 Å². The molecule has 1 rings (SSSR count). The zero-order valence-electron chi connectivity index (χ0n) is 9.08. The van der Waals surface area contributed by atoms with Crippen molar-refractivity contribution < 1.29 is 4.74 Å². The number of ether oxygens (including phenoxy) is 1. The number of halogens is 1. The molecule has 0 atom stereocenters. The molecule has 0 radical (unpaired) electrons. The van der Waals surface area contributed by atoms with Crippen LogP contribution in [0, 0.1) is 11.3 Å². The van der Waals surface area contributed by atoms with Gasteiger partial charge < -0.3 is 10.5 Å². The lowest BCUT2D eigenvalue weighted by atomic mass is 10.1. The molecule has 2 N–H and O–H groups in total. The van der Waals surface area contributed by atoms with Crippen molar-refractivity contribution in [1.82, 2.24) is 0 Å². The average molecular weight is 239 g/mol. The summed E-state index contributed by atoms with van der Waals surface area (Å²) in [6.45, 7) is 1.07. The van der Waals surface area contributed by atoms with Gasteiger partial charge in [-0.3, -0.25) is 0 Å². The standard InChI is InChI=1S/C12H15ClN2O/c13-11-4-3-5-12(10(11)6-8-15)16-9-2-1-7-14/h3-5H,1-2,6,8-9,15H2. The summed E-state index contributed by atoms with van der Waals surface area (Å²) in [6, 6.07) is 7.63. The van der Waals surface area contributed by atoms with Crippen molar-refractivity contribution in [2.45, 2.75) is 19.3 Å². The highest BCUT2D eigenvalue weighted by Crippen LogP contribution is 2.26. The van der Waals surface area contributed by atoms with Crippen molar-refractivity contribution in [3.63, 3.8) is 0 Å². The maximum atomic E-state index is 8.40. The van der Waals surface area contributed by atoms with Crippen LogP contribution in [0.4, 0.5) is 0 Å². The second-order valence-electron chi connectivity index (χ2n) is 3.37. The fourth-order valence-electron chi connectivity index (χ4n) is 1.39. The zero-order valence-corrected chi connectivity index (χ0v) is 9.83. The Balaban J connectivity index is 2.64. The lowest BCUT2D eigenvalue weighted by Gasteiger charge is -2.11. The van der Waals surface area contributed by atoms with E-state index in [9.17, 15) is 0 Å². The third-order valence-corrected chi connectivity index (χ3v) is 2.51. The quantitative estimate of drug-likeness (QED) is 0.775. The molecule has 0 fully saturated rings. The van der Waals surface area contributed by atoms with Gasteiger partial charge in [-0.2, -0.15) is 5.26 Å². The number of unbranched alkanes of at least 4 members (excludes halogenated alkanes) is 1. The molecule has 1 aromatic carbocycles. The summed E-state index contributed by atoms with van der Waals surface area (Å²) in [6.07, 6.45) is 1.94. The van der Waals surface area contributed by atoms with Crippen LogP contribution in [0.3, 0.4) is 0 Å². The van der Waals surface area contributed by atoms with Crippen molar-refractivity contribution >= 4 is 11.6 Å². The summed E-state index contributed by atoms with van der Waals surface area (Å²) in [5, 5.41) is 9.09. The van der Waals surface area contributed by atoms with E-state index in [4.69, 9.17) is 27.3 Å². The monoisotopic (exact) mass is 238 g/mol. The Morgan fingerprint density at radius 3 is 2.94 bits per heavy atom. The third kappa shape index (κ3) is 3.73. The average Bonchev–Trinajstić information content (AvgIpc) is 2.29. The Bertz CT molecular complexity index is 374. The maximum Gasteiger partial charge on any atom is 0.124 e. The molecule has 0 saturated heterocycles. The summed E-state index contributed by atoms with van der Waals surface area (Å²) in [7, 11) is 0. The Morgan fingerprint density at radius 2 is 2.25 bits per heavy atom. The molecule has 0 aliphatic carbocycles. The van der Waals surface area contributed by atoms with Crippen LogP contribution in [-0.4, -0.2) is 13.2 Å². The minimum Gasteiger partial charge on any atom is -0.493 e. The Kier molecular flexibility index (Phi) is 5.69. The summed E-state index contributed by atoms with van der Waals surface area (Å²) >= 11 is 6.06. The Hall–Kier alpha value is -1.24. The van der Waals surface area contributed by atoms with Gasteiger partial charge in [0, 0.05) is 17.0 Å². The molecule has 4 heteroatoms. The van der Waals surface area contributed by atoms with Crippen molar-refractivity contribution in [1.29, 1.82) is 5.26 Å². The number of benzene rings is 1. The van der Waals surface area contributed by atoms with Gasteiger partial charge in [0.1, 0.15) is 5.75 Å². The number of rotatable bonds is 6. The second kappa shape index (κ2) is 7.10. The first-order valence-electron chi connectivity index (χ1n) is 5.26. The van der Waals surface area contributed by atoms with E-state index in [2.05, 4.69) is 6.07 Å². The van der Waals surface area contributed by atoms with Gasteiger partial charge in [-0.05, 0) is 31.5 Å². The van der Waals surface area contributed by atoms with E-state index >= 15 is 0 Å². The summed E-state index contributed by atoms with van der Waals surface area (Å²) in [5.74, 6) is 0.774. The highest BCUT2D eigenvalue weighted by Gasteiger charge is 2.06. The van der Waals surface area contributed by atoms with Crippen molar-refractivity contribution in [3.8, 4) is 11.8 Å². The van der Waals surface area contributed by atoms with E-state index in [1.165, 1.54) is 0 Å². The molecule has 0 aliphatic heterocycles. The van der Waals surface area contributed by atoms with Crippen molar-refractivity contribution in [2.24, 2.45) is 5.73 Å². The number of hydrogen-bond acceptors (Lipinski definition) is 3. The Morgan fingerprint density at radius 1 is 1.44 bits per heavy atom. The van der Waals surface area contributed by atoms with Gasteiger partial charge in [0.05, 0.1) is 12.7 Å². The van der Waals surface area contributed by atoms with E-state index < -0.39 is 0 Å². The summed E-state index contributed by atoms with van der Waals surface area (Å²) < 4.78 is 5.58. The molecule has 3 nitrogen and oxygen atoms in total. The maximum absolute atomic E-state index is 8.40. The highest BCUT2D eigenvalue weighted by molar-refractivity contribution is 6.31. The smallest absolute Gasteiger partial charge is 0.124 e. The molecule has 1 aromatic rings. The van der Waals surface area contributed by atoms with Crippen LogP contribution >= 0.6 is 11.6 Å². The third-order valence-electron chi connectivity index (χ3n) is 2.16. The molecule has 16 heavy (non-hydrogen) atoms. The first-order valence-corrected chi connectivity index (χ1v) is 5.64. The van der Waals surface area contributed by atoms with E-state index in [1.54, 1.807) is 0 Å². The van der Waals surface area contributed by atoms with Gasteiger partial charge in [0.2, 0.25) is 0 Å². The first kappa shape index (κ1) is 12.8. The molecule has 0 bridgehead atoms. The van der Waals surface area contributed by atoms with Gasteiger partial charge in [0.15, 0.2) is 0 Å². The van der Waals surface area contributed by atoms with Crippen LogP contribution < -0.4 is 10.5 Å². The van der Waals surface area contributed by atoms with E-state index in [1.807, 2.05) is 18.2 Å². The summed E-state index contributed by atoms with van der Waals surface area (Å²) in [4.78, 5) is 0. The predicted octanol–water partition coefficient (Wildman–Crippen LogP) is 2.52. The molecule has 0 amide bonds. The number of nitrogens with two attached hydrogens (primary N) is 1. The second-order valence-corrected chi connectivity index (χ2v) is 3.77. The lowest BCUT2D eigenvalue weighted by Crippen LogP contribution is -2.06. The molecule has 0 saturated carbocycles. The Labute approximate surface area is 101 Å².